The number of fused-ring (bicyclic) bond motifs is 1. The van der Waals surface area contributed by atoms with Gasteiger partial charge in [-0.3, -0.25) is 4.79 Å². The van der Waals surface area contributed by atoms with E-state index in [9.17, 15) is 4.79 Å². The van der Waals surface area contributed by atoms with Gasteiger partial charge in [0.1, 0.15) is 0 Å². The Kier molecular flexibility index (Phi) is 2.51. The first kappa shape index (κ1) is 10.8. The maximum Gasteiger partial charge on any atom is 0.239 e. The third-order valence-electron chi connectivity index (χ3n) is 3.03. The van der Waals surface area contributed by atoms with Gasteiger partial charge in [-0.05, 0) is 28.9 Å². The molecule has 0 aliphatic carbocycles. The number of benzene rings is 1. The first-order valence-corrected chi connectivity index (χ1v) is 5.78. The molecule has 7 heteroatoms. The second kappa shape index (κ2) is 4.17. The summed E-state index contributed by atoms with van der Waals surface area (Å²) < 4.78 is 4.73. The zero-order valence-electron chi connectivity index (χ0n) is 9.72. The molecule has 7 nitrogen and oxygen atoms in total. The molecule has 1 aliphatic heterocycles. The number of nitrogen functional groups attached to an aromatic ring is 1. The summed E-state index contributed by atoms with van der Waals surface area (Å²) in [7, 11) is 0. The van der Waals surface area contributed by atoms with Crippen LogP contribution in [0.25, 0.3) is 11.0 Å². The molecule has 0 radical (unpaired) electrons. The van der Waals surface area contributed by atoms with Gasteiger partial charge in [-0.1, -0.05) is 0 Å². The van der Waals surface area contributed by atoms with Crippen molar-refractivity contribution in [2.24, 2.45) is 0 Å². The van der Waals surface area contributed by atoms with Crippen molar-refractivity contribution in [2.45, 2.75) is 6.42 Å². The van der Waals surface area contributed by atoms with Crippen LogP contribution in [0.2, 0.25) is 0 Å². The minimum Gasteiger partial charge on any atom is -0.397 e. The highest BCUT2D eigenvalue weighted by Gasteiger charge is 2.19. The second-order valence-corrected chi connectivity index (χ2v) is 4.26. The Balaban J connectivity index is 2.05. The standard InChI is InChI=1S/C11H13N5O2/c12-7-2-3-8(11-10(7)14-18-15-11)16-5-1-4-13-9(17)6-16/h2-3H,1,4-6,12H2,(H,13,17). The van der Waals surface area contributed by atoms with Gasteiger partial charge in [0.05, 0.1) is 17.9 Å². The Hall–Kier alpha value is -2.31. The van der Waals surface area contributed by atoms with Crippen LogP contribution >= 0.6 is 0 Å². The van der Waals surface area contributed by atoms with Crippen LogP contribution in [-0.2, 0) is 4.79 Å². The number of nitrogens with zero attached hydrogens (tertiary/aromatic N) is 3. The lowest BCUT2D eigenvalue weighted by Crippen LogP contribution is -2.33. The molecule has 0 atom stereocenters. The molecular formula is C11H13N5O2. The highest BCUT2D eigenvalue weighted by atomic mass is 16.6. The molecule has 1 aromatic carbocycles. The summed E-state index contributed by atoms with van der Waals surface area (Å²) in [6, 6.07) is 3.60. The van der Waals surface area contributed by atoms with Crippen molar-refractivity contribution in [2.75, 3.05) is 30.3 Å². The average molecular weight is 247 g/mol. The van der Waals surface area contributed by atoms with Gasteiger partial charge in [-0.15, -0.1) is 0 Å². The molecule has 0 saturated carbocycles. The van der Waals surface area contributed by atoms with E-state index in [1.807, 2.05) is 11.0 Å². The molecule has 1 aromatic heterocycles. The number of carbonyl (C=O) groups excluding carboxylic acids is 1. The van der Waals surface area contributed by atoms with Gasteiger partial charge in [0.15, 0.2) is 11.0 Å². The van der Waals surface area contributed by atoms with E-state index in [2.05, 4.69) is 15.6 Å². The number of anilines is 2. The van der Waals surface area contributed by atoms with Crippen molar-refractivity contribution < 1.29 is 9.42 Å². The van der Waals surface area contributed by atoms with Gasteiger partial charge in [-0.25, -0.2) is 4.63 Å². The fourth-order valence-corrected chi connectivity index (χ4v) is 2.14. The summed E-state index contributed by atoms with van der Waals surface area (Å²) in [5, 5.41) is 10.5. The predicted molar refractivity (Wildman–Crippen MR) is 66.1 cm³/mol. The molecule has 2 heterocycles. The van der Waals surface area contributed by atoms with E-state index in [1.54, 1.807) is 6.07 Å². The Labute approximate surface area is 103 Å². The van der Waals surface area contributed by atoms with E-state index < -0.39 is 0 Å². The highest BCUT2D eigenvalue weighted by molar-refractivity contribution is 5.96. The molecule has 2 aromatic rings. The lowest BCUT2D eigenvalue weighted by atomic mass is 10.2. The molecule has 3 N–H and O–H groups in total. The normalized spacial score (nSPS) is 16.7. The lowest BCUT2D eigenvalue weighted by molar-refractivity contribution is -0.119. The summed E-state index contributed by atoms with van der Waals surface area (Å²) in [6.07, 6.45) is 0.892. The molecule has 1 fully saturated rings. The number of carbonyl (C=O) groups is 1. The molecule has 1 amide bonds. The summed E-state index contributed by atoms with van der Waals surface area (Å²) in [4.78, 5) is 13.5. The topological polar surface area (TPSA) is 97.3 Å². The van der Waals surface area contributed by atoms with Crippen molar-refractivity contribution in [3.8, 4) is 0 Å². The van der Waals surface area contributed by atoms with Crippen LogP contribution in [0.15, 0.2) is 16.8 Å². The van der Waals surface area contributed by atoms with Crippen LogP contribution in [0, 0.1) is 0 Å². The van der Waals surface area contributed by atoms with E-state index >= 15 is 0 Å². The van der Waals surface area contributed by atoms with Crippen molar-refractivity contribution in [1.82, 2.24) is 15.6 Å². The molecule has 94 valence electrons. The maximum absolute atomic E-state index is 11.6. The predicted octanol–water partition coefficient (Wildman–Crippen LogP) is 0.131. The van der Waals surface area contributed by atoms with Crippen LogP contribution in [-0.4, -0.2) is 35.9 Å². The van der Waals surface area contributed by atoms with E-state index in [1.165, 1.54) is 0 Å². The SMILES string of the molecule is Nc1ccc(N2CCCNC(=O)C2)c2nonc12. The van der Waals surface area contributed by atoms with E-state index in [0.29, 0.717) is 29.8 Å². The van der Waals surface area contributed by atoms with Crippen LogP contribution in [0.1, 0.15) is 6.42 Å². The average Bonchev–Trinajstić information content (AvgIpc) is 2.75. The van der Waals surface area contributed by atoms with Gasteiger partial charge >= 0.3 is 0 Å². The van der Waals surface area contributed by atoms with Gasteiger partial charge < -0.3 is 16.0 Å². The minimum atomic E-state index is 0.00827. The second-order valence-electron chi connectivity index (χ2n) is 4.26. The third kappa shape index (κ3) is 1.73. The Morgan fingerprint density at radius 3 is 3.06 bits per heavy atom. The van der Waals surface area contributed by atoms with E-state index in [-0.39, 0.29) is 5.91 Å². The van der Waals surface area contributed by atoms with Gasteiger partial charge in [0.2, 0.25) is 5.91 Å². The van der Waals surface area contributed by atoms with Crippen LogP contribution < -0.4 is 16.0 Å². The number of nitrogens with one attached hydrogen (secondary N) is 1. The van der Waals surface area contributed by atoms with Crippen molar-refractivity contribution in [3.63, 3.8) is 0 Å². The summed E-state index contributed by atoms with van der Waals surface area (Å²) >= 11 is 0. The molecular weight excluding hydrogens is 234 g/mol. The van der Waals surface area contributed by atoms with Crippen molar-refractivity contribution in [3.05, 3.63) is 12.1 Å². The van der Waals surface area contributed by atoms with Crippen molar-refractivity contribution in [1.29, 1.82) is 0 Å². The maximum atomic E-state index is 11.6. The minimum absolute atomic E-state index is 0.00827. The van der Waals surface area contributed by atoms with Crippen LogP contribution in [0.4, 0.5) is 11.4 Å². The van der Waals surface area contributed by atoms with Gasteiger partial charge in [0.25, 0.3) is 0 Å². The highest BCUT2D eigenvalue weighted by Crippen LogP contribution is 2.28. The monoisotopic (exact) mass is 247 g/mol. The first-order valence-electron chi connectivity index (χ1n) is 5.78. The Morgan fingerprint density at radius 1 is 1.33 bits per heavy atom. The van der Waals surface area contributed by atoms with Crippen LogP contribution in [0.5, 0.6) is 0 Å². The number of hydrogen-bond acceptors (Lipinski definition) is 6. The fourth-order valence-electron chi connectivity index (χ4n) is 2.14. The number of aromatic nitrogens is 2. The molecule has 0 unspecified atom stereocenters. The molecule has 1 aliphatic rings. The summed E-state index contributed by atoms with van der Waals surface area (Å²) in [6.45, 7) is 1.79. The van der Waals surface area contributed by atoms with Gasteiger partial charge in [0, 0.05) is 13.1 Å². The fraction of sp³-hybridized carbons (Fsp3) is 0.364. The first-order chi connectivity index (χ1) is 8.75. The Morgan fingerprint density at radius 2 is 2.17 bits per heavy atom. The molecule has 18 heavy (non-hydrogen) atoms. The van der Waals surface area contributed by atoms with Crippen molar-refractivity contribution >= 4 is 28.3 Å². The number of rotatable bonds is 1. The number of nitrogens with two attached hydrogens (primary N) is 1. The lowest BCUT2D eigenvalue weighted by Gasteiger charge is -2.21. The quantitative estimate of drug-likeness (QED) is 0.695. The number of hydrogen-bond donors (Lipinski definition) is 2. The molecule has 3 rings (SSSR count). The molecule has 1 saturated heterocycles. The van der Waals surface area contributed by atoms with Gasteiger partial charge in [-0.2, -0.15) is 0 Å². The number of amides is 1. The van der Waals surface area contributed by atoms with E-state index in [0.717, 1.165) is 18.7 Å². The Bertz CT molecular complexity index is 594. The largest absolute Gasteiger partial charge is 0.397 e. The smallest absolute Gasteiger partial charge is 0.239 e. The zero-order valence-corrected chi connectivity index (χ0v) is 9.72. The zero-order chi connectivity index (χ0) is 12.5. The molecule has 0 bridgehead atoms. The third-order valence-corrected chi connectivity index (χ3v) is 3.03. The molecule has 0 spiro atoms. The summed E-state index contributed by atoms with van der Waals surface area (Å²) in [5.74, 6) is 0.00827. The van der Waals surface area contributed by atoms with E-state index in [4.69, 9.17) is 10.4 Å². The summed E-state index contributed by atoms with van der Waals surface area (Å²) in [5.41, 5.74) is 8.29. The van der Waals surface area contributed by atoms with Crippen LogP contribution in [0.3, 0.4) is 0 Å².